The van der Waals surface area contributed by atoms with Crippen LogP contribution in [0.2, 0.25) is 0 Å². The Bertz CT molecular complexity index is 755. The molecule has 0 aromatic carbocycles. The van der Waals surface area contributed by atoms with Gasteiger partial charge in [0.1, 0.15) is 18.5 Å². The lowest BCUT2D eigenvalue weighted by atomic mass is 10.2. The van der Waals surface area contributed by atoms with Crippen LogP contribution in [0.1, 0.15) is 22.8 Å². The molecule has 0 saturated heterocycles. The van der Waals surface area contributed by atoms with E-state index in [-0.39, 0.29) is 5.91 Å². The fourth-order valence-electron chi connectivity index (χ4n) is 2.20. The molecule has 1 amide bonds. The molecule has 0 bridgehead atoms. The summed E-state index contributed by atoms with van der Waals surface area (Å²) in [7, 11) is 0. The molecule has 7 nitrogen and oxygen atoms in total. The van der Waals surface area contributed by atoms with Gasteiger partial charge in [0.2, 0.25) is 0 Å². The van der Waals surface area contributed by atoms with Gasteiger partial charge in [-0.3, -0.25) is 14.3 Å². The van der Waals surface area contributed by atoms with Gasteiger partial charge < -0.3 is 4.90 Å². The zero-order chi connectivity index (χ0) is 16.1. The summed E-state index contributed by atoms with van der Waals surface area (Å²) in [5, 5.41) is 7.47. The average Bonchev–Trinajstić information content (AvgIpc) is 3.15. The lowest BCUT2D eigenvalue weighted by Gasteiger charge is -2.21. The second kappa shape index (κ2) is 6.78. The standard InChI is InChI=1S/C16H16N6O/c1-2-21(10-13-5-7-17-8-6-13)16(23)14-3-4-15(18-9-14)22-11-19-20-12-22/h3-9,11-12H,2,10H2,1H3. The summed E-state index contributed by atoms with van der Waals surface area (Å²) in [5.74, 6) is 0.621. The lowest BCUT2D eigenvalue weighted by molar-refractivity contribution is 0.0752. The highest BCUT2D eigenvalue weighted by molar-refractivity contribution is 5.94. The Morgan fingerprint density at radius 1 is 1.13 bits per heavy atom. The zero-order valence-electron chi connectivity index (χ0n) is 12.7. The van der Waals surface area contributed by atoms with E-state index in [9.17, 15) is 4.79 Å². The summed E-state index contributed by atoms with van der Waals surface area (Å²) in [6, 6.07) is 7.35. The first-order valence-electron chi connectivity index (χ1n) is 7.27. The molecule has 3 rings (SSSR count). The maximum Gasteiger partial charge on any atom is 0.255 e. The predicted molar refractivity (Wildman–Crippen MR) is 83.8 cm³/mol. The van der Waals surface area contributed by atoms with E-state index in [0.29, 0.717) is 24.5 Å². The molecule has 0 radical (unpaired) electrons. The van der Waals surface area contributed by atoms with Crippen LogP contribution in [0, 0.1) is 0 Å². The fourth-order valence-corrected chi connectivity index (χ4v) is 2.20. The highest BCUT2D eigenvalue weighted by Gasteiger charge is 2.15. The Labute approximate surface area is 133 Å². The number of amides is 1. The van der Waals surface area contributed by atoms with Gasteiger partial charge in [-0.2, -0.15) is 0 Å². The highest BCUT2D eigenvalue weighted by atomic mass is 16.2. The molecule has 0 aliphatic carbocycles. The van der Waals surface area contributed by atoms with Gasteiger partial charge in [-0.05, 0) is 36.8 Å². The van der Waals surface area contributed by atoms with Crippen molar-refractivity contribution < 1.29 is 4.79 Å². The van der Waals surface area contributed by atoms with Crippen molar-refractivity contribution in [3.63, 3.8) is 0 Å². The van der Waals surface area contributed by atoms with Crippen LogP contribution in [0.3, 0.4) is 0 Å². The first-order chi connectivity index (χ1) is 11.3. The molecule has 3 heterocycles. The quantitative estimate of drug-likeness (QED) is 0.717. The number of carbonyl (C=O) groups is 1. The molecule has 3 aromatic heterocycles. The highest BCUT2D eigenvalue weighted by Crippen LogP contribution is 2.10. The molecular formula is C16H16N6O. The van der Waals surface area contributed by atoms with Crippen molar-refractivity contribution in [2.75, 3.05) is 6.54 Å². The molecule has 0 aliphatic heterocycles. The van der Waals surface area contributed by atoms with E-state index in [4.69, 9.17) is 0 Å². The van der Waals surface area contributed by atoms with Gasteiger partial charge >= 0.3 is 0 Å². The zero-order valence-corrected chi connectivity index (χ0v) is 12.7. The maximum absolute atomic E-state index is 12.6. The Balaban J connectivity index is 1.75. The topological polar surface area (TPSA) is 76.8 Å². The Kier molecular flexibility index (Phi) is 4.37. The molecule has 0 atom stereocenters. The molecule has 0 saturated carbocycles. The number of pyridine rings is 2. The van der Waals surface area contributed by atoms with Crippen LogP contribution in [-0.4, -0.2) is 42.1 Å². The van der Waals surface area contributed by atoms with E-state index >= 15 is 0 Å². The van der Waals surface area contributed by atoms with Crippen molar-refractivity contribution in [3.8, 4) is 5.82 Å². The van der Waals surface area contributed by atoms with Crippen molar-refractivity contribution in [1.29, 1.82) is 0 Å². The second-order valence-corrected chi connectivity index (χ2v) is 4.95. The van der Waals surface area contributed by atoms with E-state index in [1.165, 1.54) is 0 Å². The molecule has 0 N–H and O–H groups in total. The number of carbonyl (C=O) groups excluding carboxylic acids is 1. The van der Waals surface area contributed by atoms with Crippen LogP contribution in [0.15, 0.2) is 55.5 Å². The molecular weight excluding hydrogens is 292 g/mol. The van der Waals surface area contributed by atoms with Gasteiger partial charge in [-0.25, -0.2) is 4.98 Å². The Hall–Kier alpha value is -3.09. The third kappa shape index (κ3) is 3.39. The summed E-state index contributed by atoms with van der Waals surface area (Å²) in [6.07, 6.45) is 8.15. The van der Waals surface area contributed by atoms with Crippen molar-refractivity contribution in [2.24, 2.45) is 0 Å². The minimum absolute atomic E-state index is 0.0490. The molecule has 0 unspecified atom stereocenters. The lowest BCUT2D eigenvalue weighted by Crippen LogP contribution is -2.30. The van der Waals surface area contributed by atoms with Crippen LogP contribution < -0.4 is 0 Å². The molecule has 0 aliphatic rings. The number of nitrogens with zero attached hydrogens (tertiary/aromatic N) is 6. The molecule has 7 heteroatoms. The van der Waals surface area contributed by atoms with Crippen LogP contribution in [0.5, 0.6) is 0 Å². The Morgan fingerprint density at radius 2 is 1.87 bits per heavy atom. The predicted octanol–water partition coefficient (Wildman–Crippen LogP) is 1.72. The monoisotopic (exact) mass is 308 g/mol. The third-order valence-corrected chi connectivity index (χ3v) is 3.47. The first-order valence-corrected chi connectivity index (χ1v) is 7.27. The van der Waals surface area contributed by atoms with Gasteiger partial charge in [-0.15, -0.1) is 10.2 Å². The first kappa shape index (κ1) is 14.8. The molecule has 23 heavy (non-hydrogen) atoms. The van der Waals surface area contributed by atoms with E-state index in [1.807, 2.05) is 19.1 Å². The van der Waals surface area contributed by atoms with E-state index in [1.54, 1.807) is 52.8 Å². The van der Waals surface area contributed by atoms with E-state index < -0.39 is 0 Å². The molecule has 0 fully saturated rings. The summed E-state index contributed by atoms with van der Waals surface area (Å²) in [4.78, 5) is 22.7. The number of aromatic nitrogens is 5. The van der Waals surface area contributed by atoms with Crippen LogP contribution in [0.4, 0.5) is 0 Å². The van der Waals surface area contributed by atoms with Gasteiger partial charge in [-0.1, -0.05) is 0 Å². The average molecular weight is 308 g/mol. The normalized spacial score (nSPS) is 10.5. The van der Waals surface area contributed by atoms with Gasteiger partial charge in [0, 0.05) is 31.7 Å². The molecule has 3 aromatic rings. The Morgan fingerprint density at radius 3 is 2.48 bits per heavy atom. The van der Waals surface area contributed by atoms with Crippen molar-refractivity contribution in [3.05, 3.63) is 66.6 Å². The second-order valence-electron chi connectivity index (χ2n) is 4.95. The number of hydrogen-bond acceptors (Lipinski definition) is 5. The third-order valence-electron chi connectivity index (χ3n) is 3.47. The van der Waals surface area contributed by atoms with Crippen LogP contribution in [0.25, 0.3) is 5.82 Å². The van der Waals surface area contributed by atoms with Crippen LogP contribution in [-0.2, 0) is 6.54 Å². The molecule has 116 valence electrons. The van der Waals surface area contributed by atoms with Crippen LogP contribution >= 0.6 is 0 Å². The number of hydrogen-bond donors (Lipinski definition) is 0. The van der Waals surface area contributed by atoms with Gasteiger partial charge in [0.05, 0.1) is 5.56 Å². The fraction of sp³-hybridized carbons (Fsp3) is 0.188. The SMILES string of the molecule is CCN(Cc1ccncc1)C(=O)c1ccc(-n2cnnc2)nc1. The van der Waals surface area contributed by atoms with Crippen molar-refractivity contribution >= 4 is 5.91 Å². The van der Waals surface area contributed by atoms with E-state index in [0.717, 1.165) is 5.56 Å². The largest absolute Gasteiger partial charge is 0.335 e. The summed E-state index contributed by atoms with van der Waals surface area (Å²) in [5.41, 5.74) is 1.60. The molecule has 0 spiro atoms. The minimum atomic E-state index is -0.0490. The summed E-state index contributed by atoms with van der Waals surface area (Å²) >= 11 is 0. The summed E-state index contributed by atoms with van der Waals surface area (Å²) < 4.78 is 1.68. The minimum Gasteiger partial charge on any atom is -0.335 e. The van der Waals surface area contributed by atoms with E-state index in [2.05, 4.69) is 20.2 Å². The maximum atomic E-state index is 12.6. The van der Waals surface area contributed by atoms with Gasteiger partial charge in [0.15, 0.2) is 0 Å². The number of rotatable bonds is 5. The smallest absolute Gasteiger partial charge is 0.255 e. The van der Waals surface area contributed by atoms with Gasteiger partial charge in [0.25, 0.3) is 5.91 Å². The summed E-state index contributed by atoms with van der Waals surface area (Å²) in [6.45, 7) is 3.12. The van der Waals surface area contributed by atoms with Crippen molar-refractivity contribution in [1.82, 2.24) is 29.6 Å². The van der Waals surface area contributed by atoms with Crippen molar-refractivity contribution in [2.45, 2.75) is 13.5 Å².